The third-order valence-electron chi connectivity index (χ3n) is 3.51. The molecule has 27 heavy (non-hydrogen) atoms. The van der Waals surface area contributed by atoms with Crippen molar-refractivity contribution in [2.45, 2.75) is 12.3 Å². The molecule has 1 heterocycles. The van der Waals surface area contributed by atoms with Crippen molar-refractivity contribution in [1.29, 1.82) is 0 Å². The van der Waals surface area contributed by atoms with E-state index in [4.69, 9.17) is 4.74 Å². The average Bonchev–Trinajstić information content (AvgIpc) is 2.65. The summed E-state index contributed by atoms with van der Waals surface area (Å²) in [6.45, 7) is -0.0197. The molecule has 1 unspecified atom stereocenters. The van der Waals surface area contributed by atoms with E-state index in [0.717, 1.165) is 12.1 Å². The molecule has 0 bridgehead atoms. The van der Waals surface area contributed by atoms with E-state index in [2.05, 4.69) is 14.7 Å². The van der Waals surface area contributed by atoms with E-state index in [1.807, 2.05) is 0 Å². The summed E-state index contributed by atoms with van der Waals surface area (Å²) in [5.74, 6) is -0.0752. The van der Waals surface area contributed by atoms with Crippen LogP contribution in [0.3, 0.4) is 0 Å². The van der Waals surface area contributed by atoms with Crippen LogP contribution in [0.2, 0.25) is 0 Å². The summed E-state index contributed by atoms with van der Waals surface area (Å²) >= 11 is 0. The van der Waals surface area contributed by atoms with Crippen LogP contribution in [0.5, 0.6) is 5.75 Å². The number of ether oxygens (including phenoxy) is 2. The number of carbonyl (C=O) groups is 1. The van der Waals surface area contributed by atoms with Gasteiger partial charge in [0.2, 0.25) is 5.95 Å². The van der Waals surface area contributed by atoms with E-state index in [-0.39, 0.29) is 30.4 Å². The number of hydrogen-bond donors (Lipinski definition) is 1. The molecule has 0 radical (unpaired) electrons. The first kappa shape index (κ1) is 20.4. The number of nitrogens with zero attached hydrogens (tertiary/aromatic N) is 3. The molecular weight excluding hydrogens is 367 g/mol. The molecule has 10 heteroatoms. The molecular formula is C17H18F3N3O4. The van der Waals surface area contributed by atoms with Crippen LogP contribution >= 0.6 is 0 Å². The van der Waals surface area contributed by atoms with E-state index in [9.17, 15) is 23.1 Å². The lowest BCUT2D eigenvalue weighted by Crippen LogP contribution is -2.34. The van der Waals surface area contributed by atoms with Crippen LogP contribution in [0.4, 0.5) is 19.1 Å². The fourth-order valence-corrected chi connectivity index (χ4v) is 2.12. The molecule has 2 rings (SSSR count). The van der Waals surface area contributed by atoms with Crippen LogP contribution in [-0.4, -0.2) is 54.5 Å². The normalized spacial score (nSPS) is 12.4. The molecule has 0 saturated carbocycles. The Morgan fingerprint density at radius 3 is 2.33 bits per heavy atom. The molecule has 0 aliphatic carbocycles. The number of benzene rings is 1. The van der Waals surface area contributed by atoms with Gasteiger partial charge in [0.15, 0.2) is 0 Å². The lowest BCUT2D eigenvalue weighted by Gasteiger charge is -2.21. The fraction of sp³-hybridized carbons (Fsp3) is 0.353. The molecule has 0 aliphatic heterocycles. The van der Waals surface area contributed by atoms with E-state index in [1.165, 1.54) is 31.6 Å². The maximum Gasteiger partial charge on any atom is 0.416 e. The third-order valence-corrected chi connectivity index (χ3v) is 3.51. The number of alkyl halides is 3. The molecule has 2 aromatic rings. The number of aliphatic hydroxyl groups excluding tert-OH is 1. The van der Waals surface area contributed by atoms with Crippen molar-refractivity contribution in [3.63, 3.8) is 0 Å². The van der Waals surface area contributed by atoms with Crippen LogP contribution < -0.4 is 9.64 Å². The molecule has 7 nitrogen and oxygen atoms in total. The Morgan fingerprint density at radius 1 is 1.22 bits per heavy atom. The number of likely N-dealkylation sites (N-methyl/N-ethyl adjacent to an activating group) is 1. The number of rotatable bonds is 7. The summed E-state index contributed by atoms with van der Waals surface area (Å²) in [7, 11) is 2.88. The smallest absolute Gasteiger partial charge is 0.416 e. The number of carbonyl (C=O) groups excluding carboxylic acids is 1. The average molecular weight is 385 g/mol. The van der Waals surface area contributed by atoms with Crippen molar-refractivity contribution in [2.75, 3.05) is 32.2 Å². The van der Waals surface area contributed by atoms with Gasteiger partial charge >= 0.3 is 12.1 Å². The van der Waals surface area contributed by atoms with Gasteiger partial charge in [0.25, 0.3) is 0 Å². The van der Waals surface area contributed by atoms with E-state index in [1.54, 1.807) is 11.9 Å². The second-order valence-corrected chi connectivity index (χ2v) is 5.63. The lowest BCUT2D eigenvalue weighted by atomic mass is 10.2. The minimum absolute atomic E-state index is 0.109. The van der Waals surface area contributed by atoms with Gasteiger partial charge in [-0.05, 0) is 24.3 Å². The van der Waals surface area contributed by atoms with Gasteiger partial charge in [-0.3, -0.25) is 0 Å². The molecule has 0 amide bonds. The number of methoxy groups -OCH3 is 1. The van der Waals surface area contributed by atoms with Gasteiger partial charge in [0.05, 0.1) is 18.2 Å². The largest absolute Gasteiger partial charge is 0.491 e. The van der Waals surface area contributed by atoms with Gasteiger partial charge in [-0.15, -0.1) is 0 Å². The number of aromatic nitrogens is 2. The van der Waals surface area contributed by atoms with Crippen molar-refractivity contribution >= 4 is 11.9 Å². The highest BCUT2D eigenvalue weighted by molar-refractivity contribution is 5.88. The Labute approximate surface area is 153 Å². The maximum atomic E-state index is 12.5. The highest BCUT2D eigenvalue weighted by atomic mass is 19.4. The molecule has 0 spiro atoms. The molecule has 146 valence electrons. The van der Waals surface area contributed by atoms with Gasteiger partial charge in [-0.25, -0.2) is 14.8 Å². The summed E-state index contributed by atoms with van der Waals surface area (Å²) < 4.78 is 47.4. The monoisotopic (exact) mass is 385 g/mol. The molecule has 0 aliphatic rings. The third kappa shape index (κ3) is 5.81. The van der Waals surface area contributed by atoms with Gasteiger partial charge in [-0.1, -0.05) is 0 Å². The van der Waals surface area contributed by atoms with Gasteiger partial charge in [-0.2, -0.15) is 13.2 Å². The Balaban J connectivity index is 1.86. The predicted molar refractivity (Wildman–Crippen MR) is 89.6 cm³/mol. The zero-order valence-corrected chi connectivity index (χ0v) is 14.6. The molecule has 1 N–H and O–H groups in total. The number of halogens is 3. The zero-order valence-electron chi connectivity index (χ0n) is 14.6. The molecule has 1 atom stereocenters. The lowest BCUT2D eigenvalue weighted by molar-refractivity contribution is -0.137. The summed E-state index contributed by atoms with van der Waals surface area (Å²) in [5, 5.41) is 10.0. The number of esters is 1. The van der Waals surface area contributed by atoms with Gasteiger partial charge in [0, 0.05) is 26.0 Å². The van der Waals surface area contributed by atoms with Gasteiger partial charge in [0.1, 0.15) is 18.5 Å². The maximum absolute atomic E-state index is 12.5. The van der Waals surface area contributed by atoms with Gasteiger partial charge < -0.3 is 19.5 Å². The highest BCUT2D eigenvalue weighted by Gasteiger charge is 2.30. The number of aliphatic hydroxyl groups is 1. The standard InChI is InChI=1S/C17H18F3N3O4/c1-23(16-21-7-11(8-22-16)15(25)26-2)9-13(24)10-27-14-5-3-12(4-6-14)17(18,19)20/h3-8,13,24H,9-10H2,1-2H3. The van der Waals surface area contributed by atoms with Crippen molar-refractivity contribution < 1.29 is 32.5 Å². The van der Waals surface area contributed by atoms with E-state index < -0.39 is 23.8 Å². The second kappa shape index (κ2) is 8.67. The Bertz CT molecular complexity index is 752. The predicted octanol–water partition coefficient (Wildman–Crippen LogP) is 2.16. The van der Waals surface area contributed by atoms with E-state index >= 15 is 0 Å². The van der Waals surface area contributed by atoms with Crippen LogP contribution in [-0.2, 0) is 10.9 Å². The Morgan fingerprint density at radius 2 is 1.81 bits per heavy atom. The molecule has 1 aromatic heterocycles. The van der Waals surface area contributed by atoms with Crippen molar-refractivity contribution in [2.24, 2.45) is 0 Å². The zero-order chi connectivity index (χ0) is 20.0. The Kier molecular flexibility index (Phi) is 6.56. The first-order chi connectivity index (χ1) is 12.7. The van der Waals surface area contributed by atoms with Crippen molar-refractivity contribution in [1.82, 2.24) is 9.97 Å². The number of hydrogen-bond acceptors (Lipinski definition) is 7. The topological polar surface area (TPSA) is 84.8 Å². The van der Waals surface area contributed by atoms with Crippen LogP contribution in [0.1, 0.15) is 15.9 Å². The Hall–Kier alpha value is -2.88. The fourth-order valence-electron chi connectivity index (χ4n) is 2.12. The first-order valence-corrected chi connectivity index (χ1v) is 7.80. The summed E-state index contributed by atoms with van der Waals surface area (Å²) in [5.41, 5.74) is -0.580. The van der Waals surface area contributed by atoms with Crippen molar-refractivity contribution in [3.8, 4) is 5.75 Å². The van der Waals surface area contributed by atoms with Crippen molar-refractivity contribution in [3.05, 3.63) is 47.8 Å². The minimum Gasteiger partial charge on any atom is -0.491 e. The quantitative estimate of drug-likeness (QED) is 0.731. The molecule has 1 aromatic carbocycles. The van der Waals surface area contributed by atoms with Crippen LogP contribution in [0.15, 0.2) is 36.7 Å². The van der Waals surface area contributed by atoms with E-state index in [0.29, 0.717) is 0 Å². The summed E-state index contributed by atoms with van der Waals surface area (Å²) in [6, 6.07) is 4.19. The molecule has 0 saturated heterocycles. The second-order valence-electron chi connectivity index (χ2n) is 5.63. The number of anilines is 1. The van der Waals surface area contributed by atoms with Crippen LogP contribution in [0.25, 0.3) is 0 Å². The first-order valence-electron chi connectivity index (χ1n) is 7.80. The highest BCUT2D eigenvalue weighted by Crippen LogP contribution is 2.30. The summed E-state index contributed by atoms with van der Waals surface area (Å²) in [4.78, 5) is 20.9. The minimum atomic E-state index is -4.41. The molecule has 0 fully saturated rings. The SMILES string of the molecule is COC(=O)c1cnc(N(C)CC(O)COc2ccc(C(F)(F)F)cc2)nc1. The van der Waals surface area contributed by atoms with Crippen LogP contribution in [0, 0.1) is 0 Å². The summed E-state index contributed by atoms with van der Waals surface area (Å²) in [6.07, 6.45) is -2.75.